The lowest BCUT2D eigenvalue weighted by Gasteiger charge is -2.31. The summed E-state index contributed by atoms with van der Waals surface area (Å²) in [6.07, 6.45) is 0. The van der Waals surface area contributed by atoms with Crippen molar-refractivity contribution in [3.63, 3.8) is 0 Å². The normalized spacial score (nSPS) is 12.9. The molecular weight excluding hydrogens is 388 g/mol. The molecule has 0 bridgehead atoms. The summed E-state index contributed by atoms with van der Waals surface area (Å²) >= 11 is 0. The van der Waals surface area contributed by atoms with E-state index in [4.69, 9.17) is 0 Å². The van der Waals surface area contributed by atoms with E-state index in [0.29, 0.717) is 0 Å². The summed E-state index contributed by atoms with van der Waals surface area (Å²) in [5.74, 6) is 0. The van der Waals surface area contributed by atoms with Gasteiger partial charge in [-0.25, -0.2) is 0 Å². The first-order chi connectivity index (χ1) is 15.7. The van der Waals surface area contributed by atoms with E-state index in [1.54, 1.807) is 0 Å². The molecular formula is C30H32N2. The molecule has 2 nitrogen and oxygen atoms in total. The molecule has 4 rings (SSSR count). The monoisotopic (exact) mass is 420 g/mol. The fraction of sp³-hybridized carbons (Fsp3) is 0.200. The first-order valence-corrected chi connectivity index (χ1v) is 11.4. The van der Waals surface area contributed by atoms with Gasteiger partial charge in [0.1, 0.15) is 0 Å². The van der Waals surface area contributed by atoms with E-state index in [1.807, 2.05) is 0 Å². The van der Waals surface area contributed by atoms with Crippen molar-refractivity contribution in [3.05, 3.63) is 143 Å². The Hall–Kier alpha value is -3.20. The molecule has 0 heterocycles. The van der Waals surface area contributed by atoms with Gasteiger partial charge in [0, 0.05) is 13.1 Å². The van der Waals surface area contributed by atoms with E-state index in [1.165, 1.54) is 33.4 Å². The third-order valence-electron chi connectivity index (χ3n) is 6.20. The zero-order valence-corrected chi connectivity index (χ0v) is 19.0. The molecule has 2 atom stereocenters. The average molecular weight is 421 g/mol. The largest absolute Gasteiger partial charge is 0.304 e. The Morgan fingerprint density at radius 3 is 1.19 bits per heavy atom. The molecule has 0 aliphatic rings. The van der Waals surface area contributed by atoms with Crippen LogP contribution in [0.5, 0.6) is 0 Å². The minimum atomic E-state index is 0.127. The summed E-state index contributed by atoms with van der Waals surface area (Å²) in [5.41, 5.74) is 7.87. The summed E-state index contributed by atoms with van der Waals surface area (Å²) in [4.78, 5) is 0. The van der Waals surface area contributed by atoms with Crippen LogP contribution in [0, 0.1) is 13.8 Å². The first kappa shape index (κ1) is 22.0. The van der Waals surface area contributed by atoms with Crippen molar-refractivity contribution in [1.29, 1.82) is 0 Å². The van der Waals surface area contributed by atoms with Crippen molar-refractivity contribution in [2.24, 2.45) is 0 Å². The number of hydrogen-bond donors (Lipinski definition) is 2. The van der Waals surface area contributed by atoms with Crippen LogP contribution >= 0.6 is 0 Å². The van der Waals surface area contributed by atoms with Gasteiger partial charge in [-0.3, -0.25) is 0 Å². The lowest BCUT2D eigenvalue weighted by atomic mass is 9.92. The number of aryl methyl sites for hydroxylation is 2. The minimum absolute atomic E-state index is 0.127. The van der Waals surface area contributed by atoms with Gasteiger partial charge in [0.25, 0.3) is 0 Å². The molecule has 0 aromatic heterocycles. The number of hydrogen-bond acceptors (Lipinski definition) is 2. The van der Waals surface area contributed by atoms with Crippen molar-refractivity contribution in [2.75, 3.05) is 0 Å². The Balaban J connectivity index is 1.65. The highest BCUT2D eigenvalue weighted by molar-refractivity contribution is 5.31. The Bertz CT molecular complexity index is 1010. The SMILES string of the molecule is Cc1ccccc1CN[C@H](c1ccccc1)[C@H](NCc1ccccc1C)c1ccccc1. The Labute approximate surface area is 192 Å². The second-order valence-electron chi connectivity index (χ2n) is 8.39. The Morgan fingerprint density at radius 1 is 0.469 bits per heavy atom. The van der Waals surface area contributed by atoms with E-state index in [-0.39, 0.29) is 12.1 Å². The van der Waals surface area contributed by atoms with E-state index in [0.717, 1.165) is 13.1 Å². The van der Waals surface area contributed by atoms with Gasteiger partial charge in [-0.1, -0.05) is 109 Å². The molecule has 0 amide bonds. The second-order valence-corrected chi connectivity index (χ2v) is 8.39. The average Bonchev–Trinajstić information content (AvgIpc) is 2.84. The summed E-state index contributed by atoms with van der Waals surface area (Å²) in [7, 11) is 0. The highest BCUT2D eigenvalue weighted by atomic mass is 15.0. The van der Waals surface area contributed by atoms with Gasteiger partial charge in [0.05, 0.1) is 12.1 Å². The standard InChI is InChI=1S/C30H32N2/c1-23-13-9-11-19-27(23)21-31-29(25-15-5-3-6-16-25)30(26-17-7-4-8-18-26)32-22-28-20-12-10-14-24(28)2/h3-20,29-32H,21-22H2,1-2H3/t29-,30-/m1/s1. The molecule has 32 heavy (non-hydrogen) atoms. The molecule has 4 aromatic rings. The van der Waals surface area contributed by atoms with Crippen LogP contribution in [-0.4, -0.2) is 0 Å². The summed E-state index contributed by atoms with van der Waals surface area (Å²) in [6.45, 7) is 6.00. The predicted molar refractivity (Wildman–Crippen MR) is 134 cm³/mol. The maximum Gasteiger partial charge on any atom is 0.0521 e. The quantitative estimate of drug-likeness (QED) is 0.316. The second kappa shape index (κ2) is 10.9. The van der Waals surface area contributed by atoms with Gasteiger partial charge in [-0.2, -0.15) is 0 Å². The molecule has 0 saturated heterocycles. The van der Waals surface area contributed by atoms with Crippen LogP contribution < -0.4 is 10.6 Å². The molecule has 0 aliphatic carbocycles. The van der Waals surface area contributed by atoms with E-state index < -0.39 is 0 Å². The van der Waals surface area contributed by atoms with Crippen molar-refractivity contribution in [2.45, 2.75) is 39.0 Å². The zero-order chi connectivity index (χ0) is 22.2. The molecule has 0 radical (unpaired) electrons. The maximum atomic E-state index is 3.88. The van der Waals surface area contributed by atoms with Gasteiger partial charge in [0.2, 0.25) is 0 Å². The van der Waals surface area contributed by atoms with Crippen LogP contribution in [0.25, 0.3) is 0 Å². The molecule has 0 aliphatic heterocycles. The van der Waals surface area contributed by atoms with E-state index in [9.17, 15) is 0 Å². The summed E-state index contributed by atoms with van der Waals surface area (Å²) in [6, 6.07) is 39.0. The topological polar surface area (TPSA) is 24.1 Å². The molecule has 0 saturated carbocycles. The minimum Gasteiger partial charge on any atom is -0.304 e. The van der Waals surface area contributed by atoms with Crippen molar-refractivity contribution >= 4 is 0 Å². The van der Waals surface area contributed by atoms with Crippen LogP contribution in [0.2, 0.25) is 0 Å². The lowest BCUT2D eigenvalue weighted by molar-refractivity contribution is 0.380. The van der Waals surface area contributed by atoms with Gasteiger partial charge >= 0.3 is 0 Å². The smallest absolute Gasteiger partial charge is 0.0521 e. The number of rotatable bonds is 9. The Morgan fingerprint density at radius 2 is 0.812 bits per heavy atom. The molecule has 2 heteroatoms. The molecule has 4 aromatic carbocycles. The van der Waals surface area contributed by atoms with Crippen LogP contribution in [0.3, 0.4) is 0 Å². The Kier molecular flexibility index (Phi) is 7.50. The predicted octanol–water partition coefficient (Wildman–Crippen LogP) is 6.67. The van der Waals surface area contributed by atoms with Gasteiger partial charge < -0.3 is 10.6 Å². The number of nitrogens with one attached hydrogen (secondary N) is 2. The van der Waals surface area contributed by atoms with Gasteiger partial charge in [0.15, 0.2) is 0 Å². The molecule has 162 valence electrons. The fourth-order valence-electron chi connectivity index (χ4n) is 4.23. The zero-order valence-electron chi connectivity index (χ0n) is 19.0. The molecule has 0 unspecified atom stereocenters. The maximum absolute atomic E-state index is 3.88. The van der Waals surface area contributed by atoms with Crippen LogP contribution in [-0.2, 0) is 13.1 Å². The fourth-order valence-corrected chi connectivity index (χ4v) is 4.23. The van der Waals surface area contributed by atoms with E-state index in [2.05, 4.69) is 134 Å². The third kappa shape index (κ3) is 5.53. The van der Waals surface area contributed by atoms with Crippen molar-refractivity contribution in [1.82, 2.24) is 10.6 Å². The number of benzene rings is 4. The van der Waals surface area contributed by atoms with Crippen molar-refractivity contribution < 1.29 is 0 Å². The van der Waals surface area contributed by atoms with Crippen molar-refractivity contribution in [3.8, 4) is 0 Å². The summed E-state index contributed by atoms with van der Waals surface area (Å²) < 4.78 is 0. The first-order valence-electron chi connectivity index (χ1n) is 11.4. The van der Waals surface area contributed by atoms with Gasteiger partial charge in [-0.05, 0) is 47.2 Å². The molecule has 0 fully saturated rings. The lowest BCUT2D eigenvalue weighted by Crippen LogP contribution is -2.35. The van der Waals surface area contributed by atoms with E-state index >= 15 is 0 Å². The van der Waals surface area contributed by atoms with Crippen LogP contribution in [0.15, 0.2) is 109 Å². The van der Waals surface area contributed by atoms with Crippen LogP contribution in [0.1, 0.15) is 45.5 Å². The summed E-state index contributed by atoms with van der Waals surface area (Å²) in [5, 5.41) is 7.76. The van der Waals surface area contributed by atoms with Gasteiger partial charge in [-0.15, -0.1) is 0 Å². The molecule has 0 spiro atoms. The molecule has 2 N–H and O–H groups in total. The van der Waals surface area contributed by atoms with Crippen LogP contribution in [0.4, 0.5) is 0 Å². The highest BCUT2D eigenvalue weighted by Gasteiger charge is 2.24. The highest BCUT2D eigenvalue weighted by Crippen LogP contribution is 2.30. The third-order valence-corrected chi connectivity index (χ3v) is 6.20.